The van der Waals surface area contributed by atoms with E-state index in [1.54, 1.807) is 0 Å². The molecule has 1 aliphatic rings. The summed E-state index contributed by atoms with van der Waals surface area (Å²) in [5.74, 6) is 0.877. The molecule has 1 heterocycles. The number of halogens is 1. The van der Waals surface area contributed by atoms with Crippen LogP contribution in [0.15, 0.2) is 24.3 Å². The zero-order valence-electron chi connectivity index (χ0n) is 10.7. The zero-order valence-corrected chi connectivity index (χ0v) is 12.9. The first kappa shape index (κ1) is 13.8. The normalized spacial score (nSPS) is 23.7. The molecule has 1 fully saturated rings. The van der Waals surface area contributed by atoms with Gasteiger partial charge in [0, 0.05) is 9.49 Å². The van der Waals surface area contributed by atoms with E-state index in [0.717, 1.165) is 28.3 Å². The summed E-state index contributed by atoms with van der Waals surface area (Å²) in [6.07, 6.45) is 2.55. The molecule has 4 heteroatoms. The number of para-hydroxylation sites is 1. The van der Waals surface area contributed by atoms with Gasteiger partial charge in [-0.25, -0.2) is 0 Å². The number of likely N-dealkylation sites (tertiary alicyclic amines) is 1. The second-order valence-electron chi connectivity index (χ2n) is 5.16. The fraction of sp³-hybridized carbons (Fsp3) is 0.500. The second kappa shape index (κ2) is 6.52. The monoisotopic (exact) mass is 359 g/mol. The predicted molar refractivity (Wildman–Crippen MR) is 81.8 cm³/mol. The van der Waals surface area contributed by atoms with Crippen LogP contribution in [0, 0.1) is 9.49 Å². The molecule has 98 valence electrons. The molecule has 0 aromatic heterocycles. The van der Waals surface area contributed by atoms with Gasteiger partial charge in [-0.15, -0.1) is 0 Å². The van der Waals surface area contributed by atoms with Crippen LogP contribution in [0.4, 0.5) is 5.69 Å². The van der Waals surface area contributed by atoms with Crippen LogP contribution >= 0.6 is 22.6 Å². The van der Waals surface area contributed by atoms with Gasteiger partial charge in [-0.2, -0.15) is 0 Å². The number of anilines is 1. The Morgan fingerprint density at radius 1 is 1.50 bits per heavy atom. The third kappa shape index (κ3) is 3.95. The van der Waals surface area contributed by atoms with Crippen molar-refractivity contribution < 1.29 is 9.69 Å². The fourth-order valence-corrected chi connectivity index (χ4v) is 3.06. The Kier molecular flexibility index (Phi) is 5.00. The van der Waals surface area contributed by atoms with Crippen LogP contribution in [-0.2, 0) is 4.79 Å². The lowest BCUT2D eigenvalue weighted by atomic mass is 10.0. The first-order chi connectivity index (χ1) is 8.65. The third-order valence-corrected chi connectivity index (χ3v) is 4.36. The minimum atomic E-state index is 0.128. The molecule has 1 aromatic rings. The molecule has 0 bridgehead atoms. The van der Waals surface area contributed by atoms with Crippen molar-refractivity contribution in [2.75, 3.05) is 25.0 Å². The summed E-state index contributed by atoms with van der Waals surface area (Å²) in [6.45, 7) is 5.12. The highest BCUT2D eigenvalue weighted by Gasteiger charge is 2.22. The Hall–Kier alpha value is -0.620. The van der Waals surface area contributed by atoms with Gasteiger partial charge in [0.15, 0.2) is 6.54 Å². The highest BCUT2D eigenvalue weighted by Crippen LogP contribution is 2.16. The molecule has 0 spiro atoms. The smallest absolute Gasteiger partial charge is 0.279 e. The zero-order chi connectivity index (χ0) is 13.0. The molecule has 2 atom stereocenters. The van der Waals surface area contributed by atoms with Crippen LogP contribution in [0.25, 0.3) is 0 Å². The first-order valence-electron chi connectivity index (χ1n) is 6.53. The van der Waals surface area contributed by atoms with Gasteiger partial charge < -0.3 is 10.2 Å². The molecule has 1 aliphatic heterocycles. The van der Waals surface area contributed by atoms with Crippen molar-refractivity contribution in [3.8, 4) is 0 Å². The van der Waals surface area contributed by atoms with Gasteiger partial charge in [0.1, 0.15) is 0 Å². The molecule has 1 unspecified atom stereocenters. The summed E-state index contributed by atoms with van der Waals surface area (Å²) >= 11 is 2.25. The van der Waals surface area contributed by atoms with Gasteiger partial charge in [-0.1, -0.05) is 19.1 Å². The maximum atomic E-state index is 12.0. The summed E-state index contributed by atoms with van der Waals surface area (Å²) < 4.78 is 1.09. The number of piperidine rings is 1. The minimum Gasteiger partial charge on any atom is -0.327 e. The second-order valence-corrected chi connectivity index (χ2v) is 6.32. The van der Waals surface area contributed by atoms with E-state index in [1.165, 1.54) is 17.7 Å². The van der Waals surface area contributed by atoms with Crippen LogP contribution in [0.1, 0.15) is 19.8 Å². The Labute approximate surface area is 122 Å². The van der Waals surface area contributed by atoms with E-state index in [9.17, 15) is 4.79 Å². The molecule has 0 radical (unpaired) electrons. The van der Waals surface area contributed by atoms with Crippen molar-refractivity contribution in [3.05, 3.63) is 27.8 Å². The fourth-order valence-electron chi connectivity index (χ4n) is 2.54. The van der Waals surface area contributed by atoms with Gasteiger partial charge >= 0.3 is 0 Å². The molecule has 1 aromatic carbocycles. The van der Waals surface area contributed by atoms with Crippen molar-refractivity contribution >= 4 is 34.2 Å². The predicted octanol–water partition coefficient (Wildman–Crippen LogP) is 1.54. The van der Waals surface area contributed by atoms with E-state index in [2.05, 4.69) is 34.8 Å². The van der Waals surface area contributed by atoms with E-state index >= 15 is 0 Å². The SMILES string of the molecule is C[C@H]1CCC[NH+](CC(=O)Nc2ccccc2I)C1. The van der Waals surface area contributed by atoms with Gasteiger partial charge in [0.25, 0.3) is 5.91 Å². The Balaban J connectivity index is 1.87. The quantitative estimate of drug-likeness (QED) is 0.789. The molecule has 3 nitrogen and oxygen atoms in total. The van der Waals surface area contributed by atoms with Gasteiger partial charge in [-0.05, 0) is 47.6 Å². The summed E-state index contributed by atoms with van der Waals surface area (Å²) in [5, 5.41) is 3.01. The standard InChI is InChI=1S/C14H19IN2O/c1-11-5-4-8-17(9-11)10-14(18)16-13-7-3-2-6-12(13)15/h2-3,6-7,11H,4-5,8-10H2,1H3,(H,16,18)/p+1/t11-/m0/s1. The number of hydrogen-bond acceptors (Lipinski definition) is 1. The summed E-state index contributed by atoms with van der Waals surface area (Å²) in [7, 11) is 0. The van der Waals surface area contributed by atoms with Gasteiger partial charge in [0.05, 0.1) is 18.8 Å². The summed E-state index contributed by atoms with van der Waals surface area (Å²) in [6, 6.07) is 7.89. The van der Waals surface area contributed by atoms with Crippen molar-refractivity contribution in [2.45, 2.75) is 19.8 Å². The number of carbonyl (C=O) groups excluding carboxylic acids is 1. The molecule has 18 heavy (non-hydrogen) atoms. The molecule has 1 saturated heterocycles. The third-order valence-electron chi connectivity index (χ3n) is 3.42. The molecular weight excluding hydrogens is 339 g/mol. The number of amides is 1. The van der Waals surface area contributed by atoms with Crippen molar-refractivity contribution in [3.63, 3.8) is 0 Å². The van der Waals surface area contributed by atoms with E-state index in [0.29, 0.717) is 6.54 Å². The number of quaternary nitrogens is 1. The van der Waals surface area contributed by atoms with Crippen molar-refractivity contribution in [1.82, 2.24) is 0 Å². The highest BCUT2D eigenvalue weighted by atomic mass is 127. The lowest BCUT2D eigenvalue weighted by Crippen LogP contribution is -3.14. The number of hydrogen-bond donors (Lipinski definition) is 2. The number of carbonyl (C=O) groups is 1. The summed E-state index contributed by atoms with van der Waals surface area (Å²) in [4.78, 5) is 13.4. The highest BCUT2D eigenvalue weighted by molar-refractivity contribution is 14.1. The molecule has 0 saturated carbocycles. The molecule has 2 rings (SSSR count). The topological polar surface area (TPSA) is 33.5 Å². The lowest BCUT2D eigenvalue weighted by Gasteiger charge is -2.27. The number of nitrogens with one attached hydrogen (secondary N) is 2. The average molecular weight is 359 g/mol. The van der Waals surface area contributed by atoms with Crippen LogP contribution in [0.2, 0.25) is 0 Å². The Morgan fingerprint density at radius 3 is 3.00 bits per heavy atom. The van der Waals surface area contributed by atoms with Crippen molar-refractivity contribution in [1.29, 1.82) is 0 Å². The van der Waals surface area contributed by atoms with Crippen LogP contribution < -0.4 is 10.2 Å². The number of rotatable bonds is 3. The largest absolute Gasteiger partial charge is 0.327 e. The van der Waals surface area contributed by atoms with E-state index in [1.807, 2.05) is 24.3 Å². The van der Waals surface area contributed by atoms with Crippen LogP contribution in [0.3, 0.4) is 0 Å². The molecule has 0 aliphatic carbocycles. The number of benzene rings is 1. The van der Waals surface area contributed by atoms with Crippen LogP contribution in [0.5, 0.6) is 0 Å². The van der Waals surface area contributed by atoms with Gasteiger partial charge in [-0.3, -0.25) is 4.79 Å². The molecule has 2 N–H and O–H groups in total. The summed E-state index contributed by atoms with van der Waals surface area (Å²) in [5.41, 5.74) is 0.924. The van der Waals surface area contributed by atoms with E-state index < -0.39 is 0 Å². The first-order valence-corrected chi connectivity index (χ1v) is 7.61. The van der Waals surface area contributed by atoms with Gasteiger partial charge in [0.2, 0.25) is 0 Å². The molecule has 1 amide bonds. The maximum absolute atomic E-state index is 12.0. The molecular formula is C14H20IN2O+. The van der Waals surface area contributed by atoms with E-state index in [-0.39, 0.29) is 5.91 Å². The van der Waals surface area contributed by atoms with E-state index in [4.69, 9.17) is 0 Å². The maximum Gasteiger partial charge on any atom is 0.279 e. The Bertz CT molecular complexity index is 422. The van der Waals surface area contributed by atoms with Crippen molar-refractivity contribution in [2.24, 2.45) is 5.92 Å². The van der Waals surface area contributed by atoms with Crippen LogP contribution in [-0.4, -0.2) is 25.5 Å². The Morgan fingerprint density at radius 2 is 2.28 bits per heavy atom. The lowest BCUT2D eigenvalue weighted by molar-refractivity contribution is -0.900. The minimum absolute atomic E-state index is 0.128. The average Bonchev–Trinajstić information content (AvgIpc) is 2.32.